The van der Waals surface area contributed by atoms with Crippen LogP contribution >= 0.6 is 11.3 Å². The van der Waals surface area contributed by atoms with E-state index in [0.717, 1.165) is 25.7 Å². The van der Waals surface area contributed by atoms with Crippen LogP contribution in [0, 0.1) is 0 Å². The second-order valence-electron chi connectivity index (χ2n) is 4.23. The van der Waals surface area contributed by atoms with E-state index in [2.05, 4.69) is 4.98 Å². The van der Waals surface area contributed by atoms with E-state index >= 15 is 0 Å². The molecule has 3 N–H and O–H groups in total. The van der Waals surface area contributed by atoms with Crippen LogP contribution in [0.25, 0.3) is 0 Å². The molecule has 0 spiro atoms. The Bertz CT molecular complexity index is 388. The lowest BCUT2D eigenvalue weighted by Crippen LogP contribution is -2.40. The summed E-state index contributed by atoms with van der Waals surface area (Å²) in [5.41, 5.74) is 5.93. The quantitative estimate of drug-likeness (QED) is 0.844. The van der Waals surface area contributed by atoms with E-state index in [0.29, 0.717) is 17.4 Å². The summed E-state index contributed by atoms with van der Waals surface area (Å²) >= 11 is 1.27. The third kappa shape index (κ3) is 2.76. The molecule has 1 aliphatic carbocycles. The number of amides is 1. The van der Waals surface area contributed by atoms with Crippen molar-refractivity contribution in [3.05, 3.63) is 11.1 Å². The number of aliphatic hydroxyl groups excluding tert-OH is 1. The average molecular weight is 255 g/mol. The highest BCUT2D eigenvalue weighted by Crippen LogP contribution is 2.25. The molecule has 1 aromatic rings. The highest BCUT2D eigenvalue weighted by atomic mass is 32.1. The summed E-state index contributed by atoms with van der Waals surface area (Å²) in [6, 6.07) is 0.248. The third-order valence-electron chi connectivity index (χ3n) is 3.11. The van der Waals surface area contributed by atoms with Crippen molar-refractivity contribution in [1.29, 1.82) is 0 Å². The summed E-state index contributed by atoms with van der Waals surface area (Å²) in [4.78, 5) is 18.0. The Balaban J connectivity index is 2.12. The first-order valence-electron chi connectivity index (χ1n) is 5.85. The number of hydrogen-bond acceptors (Lipinski definition) is 5. The largest absolute Gasteiger partial charge is 0.395 e. The van der Waals surface area contributed by atoms with Gasteiger partial charge in [0.25, 0.3) is 5.91 Å². The van der Waals surface area contributed by atoms with Crippen LogP contribution in [-0.2, 0) is 0 Å². The van der Waals surface area contributed by atoms with Gasteiger partial charge in [0.1, 0.15) is 5.69 Å². The molecule has 1 amide bonds. The second kappa shape index (κ2) is 5.46. The number of carbonyl (C=O) groups is 1. The van der Waals surface area contributed by atoms with Crippen LogP contribution in [0.3, 0.4) is 0 Å². The Labute approximate surface area is 104 Å². The lowest BCUT2D eigenvalue weighted by Gasteiger charge is -2.27. The van der Waals surface area contributed by atoms with E-state index in [1.54, 1.807) is 10.3 Å². The molecule has 0 unspecified atom stereocenters. The van der Waals surface area contributed by atoms with Crippen LogP contribution in [0.4, 0.5) is 5.13 Å². The predicted octanol–water partition coefficient (Wildman–Crippen LogP) is 1.10. The fraction of sp³-hybridized carbons (Fsp3) is 0.636. The number of nitrogens with two attached hydrogens (primary N) is 1. The zero-order chi connectivity index (χ0) is 12.3. The molecule has 0 radical (unpaired) electrons. The summed E-state index contributed by atoms with van der Waals surface area (Å²) in [5.74, 6) is -0.112. The minimum Gasteiger partial charge on any atom is -0.395 e. The maximum atomic E-state index is 12.2. The molecule has 0 saturated heterocycles. The number of carbonyl (C=O) groups excluding carboxylic acids is 1. The van der Waals surface area contributed by atoms with E-state index < -0.39 is 0 Å². The van der Waals surface area contributed by atoms with Gasteiger partial charge in [0.15, 0.2) is 5.13 Å². The lowest BCUT2D eigenvalue weighted by molar-refractivity contribution is 0.0633. The number of rotatable bonds is 4. The zero-order valence-electron chi connectivity index (χ0n) is 9.63. The third-order valence-corrected chi connectivity index (χ3v) is 3.78. The number of aliphatic hydroxyl groups is 1. The Kier molecular flexibility index (Phi) is 3.96. The van der Waals surface area contributed by atoms with Crippen LogP contribution in [0.1, 0.15) is 36.2 Å². The summed E-state index contributed by atoms with van der Waals surface area (Å²) in [5, 5.41) is 11.1. The monoisotopic (exact) mass is 255 g/mol. The highest BCUT2D eigenvalue weighted by molar-refractivity contribution is 7.13. The lowest BCUT2D eigenvalue weighted by atomic mass is 10.2. The molecule has 6 heteroatoms. The number of hydrogen-bond donors (Lipinski definition) is 2. The van der Waals surface area contributed by atoms with Crippen molar-refractivity contribution >= 4 is 22.4 Å². The van der Waals surface area contributed by atoms with Crippen molar-refractivity contribution in [2.24, 2.45) is 0 Å². The van der Waals surface area contributed by atoms with Crippen molar-refractivity contribution < 1.29 is 9.90 Å². The van der Waals surface area contributed by atoms with Gasteiger partial charge in [-0.25, -0.2) is 4.98 Å². The average Bonchev–Trinajstić information content (AvgIpc) is 2.95. The van der Waals surface area contributed by atoms with Crippen LogP contribution in [-0.4, -0.2) is 40.1 Å². The Morgan fingerprint density at radius 2 is 2.29 bits per heavy atom. The van der Waals surface area contributed by atoms with Gasteiger partial charge in [-0.1, -0.05) is 12.8 Å². The Hall–Kier alpha value is -1.14. The van der Waals surface area contributed by atoms with Gasteiger partial charge >= 0.3 is 0 Å². The molecule has 1 fully saturated rings. The first kappa shape index (κ1) is 12.3. The minimum absolute atomic E-state index is 0.0120. The number of aromatic nitrogens is 1. The van der Waals surface area contributed by atoms with Crippen LogP contribution in [0.5, 0.6) is 0 Å². The number of nitrogens with zero attached hydrogens (tertiary/aromatic N) is 2. The predicted molar refractivity (Wildman–Crippen MR) is 66.9 cm³/mol. The van der Waals surface area contributed by atoms with Gasteiger partial charge in [0, 0.05) is 18.0 Å². The van der Waals surface area contributed by atoms with Gasteiger partial charge in [-0.3, -0.25) is 4.79 Å². The van der Waals surface area contributed by atoms with Crippen molar-refractivity contribution in [2.45, 2.75) is 31.7 Å². The van der Waals surface area contributed by atoms with Gasteiger partial charge in [-0.2, -0.15) is 0 Å². The summed E-state index contributed by atoms with van der Waals surface area (Å²) in [6.07, 6.45) is 4.34. The van der Waals surface area contributed by atoms with Crippen molar-refractivity contribution in [3.8, 4) is 0 Å². The molecule has 0 aromatic carbocycles. The highest BCUT2D eigenvalue weighted by Gasteiger charge is 2.28. The van der Waals surface area contributed by atoms with E-state index in [1.807, 2.05) is 0 Å². The van der Waals surface area contributed by atoms with Gasteiger partial charge in [-0.15, -0.1) is 11.3 Å². The van der Waals surface area contributed by atoms with Crippen molar-refractivity contribution in [2.75, 3.05) is 18.9 Å². The Morgan fingerprint density at radius 3 is 2.82 bits per heavy atom. The van der Waals surface area contributed by atoms with Crippen LogP contribution < -0.4 is 5.73 Å². The van der Waals surface area contributed by atoms with E-state index in [4.69, 9.17) is 10.8 Å². The first-order valence-corrected chi connectivity index (χ1v) is 6.73. The molecule has 2 rings (SSSR count). The molecule has 17 heavy (non-hydrogen) atoms. The van der Waals surface area contributed by atoms with E-state index in [1.165, 1.54) is 11.3 Å². The molecule has 5 nitrogen and oxygen atoms in total. The Morgan fingerprint density at radius 1 is 1.59 bits per heavy atom. The molecular weight excluding hydrogens is 238 g/mol. The van der Waals surface area contributed by atoms with Gasteiger partial charge in [-0.05, 0) is 12.8 Å². The molecule has 1 aliphatic rings. The van der Waals surface area contributed by atoms with Crippen LogP contribution in [0.15, 0.2) is 5.38 Å². The topological polar surface area (TPSA) is 79.5 Å². The molecule has 94 valence electrons. The standard InChI is InChI=1S/C11H17N3O2S/c12-11-13-9(7-17-11)10(16)14(5-6-15)8-3-1-2-4-8/h7-8,15H,1-6H2,(H2,12,13). The zero-order valence-corrected chi connectivity index (χ0v) is 10.4. The van der Waals surface area contributed by atoms with E-state index in [9.17, 15) is 4.79 Å². The normalized spacial score (nSPS) is 16.3. The summed E-state index contributed by atoms with van der Waals surface area (Å²) in [7, 11) is 0. The summed E-state index contributed by atoms with van der Waals surface area (Å²) < 4.78 is 0. The van der Waals surface area contributed by atoms with Gasteiger partial charge in [0.05, 0.1) is 6.61 Å². The molecule has 1 heterocycles. The number of thiazole rings is 1. The van der Waals surface area contributed by atoms with Crippen molar-refractivity contribution in [3.63, 3.8) is 0 Å². The molecule has 0 aliphatic heterocycles. The second-order valence-corrected chi connectivity index (χ2v) is 5.12. The summed E-state index contributed by atoms with van der Waals surface area (Å²) in [6.45, 7) is 0.364. The maximum Gasteiger partial charge on any atom is 0.273 e. The van der Waals surface area contributed by atoms with Crippen LogP contribution in [0.2, 0.25) is 0 Å². The molecular formula is C11H17N3O2S. The first-order chi connectivity index (χ1) is 8.22. The molecule has 1 aromatic heterocycles. The SMILES string of the molecule is Nc1nc(C(=O)N(CCO)C2CCCC2)cs1. The molecule has 0 atom stereocenters. The van der Waals surface area contributed by atoms with Crippen molar-refractivity contribution in [1.82, 2.24) is 9.88 Å². The minimum atomic E-state index is -0.112. The smallest absolute Gasteiger partial charge is 0.273 e. The van der Waals surface area contributed by atoms with Gasteiger partial charge in [0.2, 0.25) is 0 Å². The maximum absolute atomic E-state index is 12.2. The number of anilines is 1. The molecule has 0 bridgehead atoms. The van der Waals surface area contributed by atoms with E-state index in [-0.39, 0.29) is 18.6 Å². The fourth-order valence-corrected chi connectivity index (χ4v) is 2.84. The number of nitrogen functional groups attached to an aromatic ring is 1. The fourth-order valence-electron chi connectivity index (χ4n) is 2.31. The van der Waals surface area contributed by atoms with Gasteiger partial charge < -0.3 is 15.7 Å². The molecule has 1 saturated carbocycles.